The molecule has 0 N–H and O–H groups in total. The van der Waals surface area contributed by atoms with E-state index in [0.717, 1.165) is 6.42 Å². The van der Waals surface area contributed by atoms with E-state index in [0.29, 0.717) is 0 Å². The maximum atomic E-state index is 4.44. The molecule has 0 aromatic carbocycles. The maximum Gasteiger partial charge on any atom is 0.0431 e. The lowest BCUT2D eigenvalue weighted by atomic mass is 9.96. The Morgan fingerprint density at radius 2 is 2.09 bits per heavy atom. The molecule has 0 saturated carbocycles. The van der Waals surface area contributed by atoms with Crippen LogP contribution in [0, 0.1) is 0 Å². The van der Waals surface area contributed by atoms with Gasteiger partial charge in [0.2, 0.25) is 0 Å². The Bertz CT molecular complexity index is 209. The van der Waals surface area contributed by atoms with Crippen molar-refractivity contribution in [1.29, 1.82) is 0 Å². The zero-order chi connectivity index (χ0) is 7.52. The van der Waals surface area contributed by atoms with Crippen molar-refractivity contribution in [2.45, 2.75) is 32.1 Å². The molecule has 58 valence electrons. The van der Waals surface area contributed by atoms with Gasteiger partial charge in [0.05, 0.1) is 0 Å². The first-order valence-corrected chi connectivity index (χ1v) is 4.38. The first-order valence-electron chi connectivity index (χ1n) is 4.38. The highest BCUT2D eigenvalue weighted by atomic mass is 14.7. The second kappa shape index (κ2) is 3.04. The molecule has 0 atom stereocenters. The van der Waals surface area contributed by atoms with Crippen molar-refractivity contribution in [3.05, 3.63) is 23.4 Å². The molecule has 11 heavy (non-hydrogen) atoms. The van der Waals surface area contributed by atoms with Crippen LogP contribution in [0.3, 0.4) is 0 Å². The second-order valence-electron chi connectivity index (χ2n) is 3.13. The van der Waals surface area contributed by atoms with Gasteiger partial charge in [0.15, 0.2) is 0 Å². The molecule has 0 bridgehead atoms. The van der Waals surface area contributed by atoms with Crippen LogP contribution in [-0.2, 0) is 0 Å². The highest BCUT2D eigenvalue weighted by Crippen LogP contribution is 2.27. The van der Waals surface area contributed by atoms with Crippen LogP contribution in [0.15, 0.2) is 28.4 Å². The Labute approximate surface area is 67.5 Å². The summed E-state index contributed by atoms with van der Waals surface area (Å²) in [7, 11) is 0. The van der Waals surface area contributed by atoms with E-state index < -0.39 is 0 Å². The topological polar surface area (TPSA) is 12.4 Å². The Morgan fingerprint density at radius 1 is 1.18 bits per heavy atom. The first kappa shape index (κ1) is 6.84. The van der Waals surface area contributed by atoms with E-state index in [1.165, 1.54) is 37.0 Å². The van der Waals surface area contributed by atoms with Crippen LogP contribution in [0.25, 0.3) is 0 Å². The highest BCUT2D eigenvalue weighted by Gasteiger charge is 2.09. The van der Waals surface area contributed by atoms with Gasteiger partial charge in [-0.05, 0) is 31.3 Å². The van der Waals surface area contributed by atoms with Gasteiger partial charge in [0.25, 0.3) is 0 Å². The summed E-state index contributed by atoms with van der Waals surface area (Å²) in [5.41, 5.74) is 2.81. The van der Waals surface area contributed by atoms with Crippen molar-refractivity contribution in [3.8, 4) is 0 Å². The minimum Gasteiger partial charge on any atom is -0.265 e. The molecule has 0 amide bonds. The molecule has 1 aliphatic heterocycles. The number of rotatable bonds is 0. The van der Waals surface area contributed by atoms with Crippen LogP contribution < -0.4 is 0 Å². The van der Waals surface area contributed by atoms with Gasteiger partial charge in [-0.25, -0.2) is 0 Å². The fourth-order valence-electron chi connectivity index (χ4n) is 1.67. The van der Waals surface area contributed by atoms with Crippen LogP contribution in [0.5, 0.6) is 0 Å². The largest absolute Gasteiger partial charge is 0.265 e. The third-order valence-corrected chi connectivity index (χ3v) is 2.29. The second-order valence-corrected chi connectivity index (χ2v) is 3.13. The predicted octanol–water partition coefficient (Wildman–Crippen LogP) is 2.85. The summed E-state index contributed by atoms with van der Waals surface area (Å²) >= 11 is 0. The first-order chi connectivity index (χ1) is 5.47. The quantitative estimate of drug-likeness (QED) is 0.499. The molecule has 0 aromatic heterocycles. The van der Waals surface area contributed by atoms with Crippen molar-refractivity contribution in [2.24, 2.45) is 4.99 Å². The molecule has 2 rings (SSSR count). The van der Waals surface area contributed by atoms with Crippen LogP contribution in [0.2, 0.25) is 0 Å². The van der Waals surface area contributed by atoms with E-state index in [2.05, 4.69) is 17.1 Å². The number of nitrogens with zero attached hydrogens (tertiary/aromatic N) is 1. The number of aliphatic imine (C=N–C) groups is 1. The molecule has 1 heterocycles. The van der Waals surface area contributed by atoms with Gasteiger partial charge in [0.1, 0.15) is 0 Å². The molecular formula is C10H13N. The van der Waals surface area contributed by atoms with Gasteiger partial charge in [-0.15, -0.1) is 0 Å². The van der Waals surface area contributed by atoms with Crippen LogP contribution >= 0.6 is 0 Å². The predicted molar refractivity (Wildman–Crippen MR) is 47.7 cm³/mol. The van der Waals surface area contributed by atoms with Crippen LogP contribution in [-0.4, -0.2) is 6.21 Å². The third-order valence-electron chi connectivity index (χ3n) is 2.29. The van der Waals surface area contributed by atoms with Crippen molar-refractivity contribution in [3.63, 3.8) is 0 Å². The molecule has 0 radical (unpaired) electrons. The lowest BCUT2D eigenvalue weighted by molar-refractivity contribution is 0.679. The van der Waals surface area contributed by atoms with Crippen LogP contribution in [0.4, 0.5) is 0 Å². The van der Waals surface area contributed by atoms with Gasteiger partial charge in [-0.2, -0.15) is 0 Å². The minimum atomic E-state index is 1.01. The Hall–Kier alpha value is -0.850. The van der Waals surface area contributed by atoms with Crippen LogP contribution in [0.1, 0.15) is 32.1 Å². The lowest BCUT2D eigenvalue weighted by Crippen LogP contribution is -1.95. The molecule has 2 aliphatic rings. The van der Waals surface area contributed by atoms with E-state index in [1.807, 2.05) is 6.21 Å². The van der Waals surface area contributed by atoms with Gasteiger partial charge in [-0.3, -0.25) is 4.99 Å². The Kier molecular flexibility index (Phi) is 1.89. The molecule has 0 saturated heterocycles. The molecule has 1 nitrogen and oxygen atoms in total. The Balaban J connectivity index is 2.31. The zero-order valence-corrected chi connectivity index (χ0v) is 6.71. The zero-order valence-electron chi connectivity index (χ0n) is 6.71. The highest BCUT2D eigenvalue weighted by molar-refractivity contribution is 5.63. The fraction of sp³-hybridized carbons (Fsp3) is 0.500. The average Bonchev–Trinajstić information content (AvgIpc) is 2.28. The van der Waals surface area contributed by atoms with Gasteiger partial charge >= 0.3 is 0 Å². The molecular weight excluding hydrogens is 134 g/mol. The summed E-state index contributed by atoms with van der Waals surface area (Å²) in [6.45, 7) is 0. The molecule has 0 fully saturated rings. The summed E-state index contributed by atoms with van der Waals surface area (Å²) in [6.07, 6.45) is 12.6. The summed E-state index contributed by atoms with van der Waals surface area (Å²) in [4.78, 5) is 4.44. The minimum absolute atomic E-state index is 1.01. The summed E-state index contributed by atoms with van der Waals surface area (Å²) in [6, 6.07) is 0. The van der Waals surface area contributed by atoms with Gasteiger partial charge in [0, 0.05) is 18.3 Å². The van der Waals surface area contributed by atoms with Crippen molar-refractivity contribution in [1.82, 2.24) is 0 Å². The lowest BCUT2D eigenvalue weighted by Gasteiger charge is -2.13. The molecule has 1 aliphatic carbocycles. The van der Waals surface area contributed by atoms with E-state index >= 15 is 0 Å². The smallest absolute Gasteiger partial charge is 0.0431 e. The molecule has 0 spiro atoms. The van der Waals surface area contributed by atoms with E-state index in [-0.39, 0.29) is 0 Å². The SMILES string of the molecule is C1=CC2=C(CCCC2)N=CC1. The number of hydrogen-bond acceptors (Lipinski definition) is 1. The van der Waals surface area contributed by atoms with Crippen molar-refractivity contribution < 1.29 is 0 Å². The number of hydrogen-bond donors (Lipinski definition) is 0. The maximum absolute atomic E-state index is 4.44. The van der Waals surface area contributed by atoms with E-state index in [1.54, 1.807) is 0 Å². The normalized spacial score (nSPS) is 23.3. The molecule has 0 aromatic rings. The summed E-state index contributed by atoms with van der Waals surface area (Å²) in [5, 5.41) is 0. The number of allylic oxidation sites excluding steroid dienone is 4. The van der Waals surface area contributed by atoms with E-state index in [9.17, 15) is 0 Å². The fourth-order valence-corrected chi connectivity index (χ4v) is 1.67. The van der Waals surface area contributed by atoms with Gasteiger partial charge < -0.3 is 0 Å². The summed E-state index contributed by atoms with van der Waals surface area (Å²) in [5.74, 6) is 0. The van der Waals surface area contributed by atoms with E-state index in [4.69, 9.17) is 0 Å². The van der Waals surface area contributed by atoms with Gasteiger partial charge in [-0.1, -0.05) is 12.2 Å². The van der Waals surface area contributed by atoms with Crippen molar-refractivity contribution >= 4 is 6.21 Å². The summed E-state index contributed by atoms with van der Waals surface area (Å²) < 4.78 is 0. The molecule has 0 unspecified atom stereocenters. The molecule has 1 heteroatoms. The Morgan fingerprint density at radius 3 is 3.09 bits per heavy atom. The average molecular weight is 147 g/mol. The standard InChI is InChI=1S/C10H13N/c1-2-7-10-9(5-1)6-3-4-8-11-10/h3,6,8H,1-2,4-5,7H2. The van der Waals surface area contributed by atoms with Crippen molar-refractivity contribution in [2.75, 3.05) is 0 Å². The third kappa shape index (κ3) is 1.42. The monoisotopic (exact) mass is 147 g/mol.